The largest absolute Gasteiger partial charge is 0.493 e. The molecule has 8 aliphatic rings. The zero-order valence-corrected chi connectivity index (χ0v) is 69.6. The predicted molar refractivity (Wildman–Crippen MR) is 507 cm³/mol. The summed E-state index contributed by atoms with van der Waals surface area (Å²) in [4.78, 5) is 60.1. The van der Waals surface area contributed by atoms with Crippen LogP contribution < -0.4 is 41.9 Å². The number of benzene rings is 12. The maximum absolute atomic E-state index is 13.9. The van der Waals surface area contributed by atoms with E-state index in [2.05, 4.69) is 0 Å². The number of hydrogen-bond acceptors (Lipinski definition) is 12. The molecule has 8 N–H and O–H groups in total. The van der Waals surface area contributed by atoms with Gasteiger partial charge in [0.15, 0.2) is 0 Å². The summed E-state index contributed by atoms with van der Waals surface area (Å²) in [5.41, 5.74) is 15.4. The number of rotatable bonds is 28. The number of nitrogens with zero attached hydrogens (tertiary/aromatic N) is 4. The van der Waals surface area contributed by atoms with Crippen molar-refractivity contribution < 1.29 is 101 Å². The average molecular weight is 1750 g/mol. The predicted octanol–water partition coefficient (Wildman–Crippen LogP) is 15.8. The van der Waals surface area contributed by atoms with Gasteiger partial charge in [-0.2, -0.15) is 0 Å². The maximum Gasteiger partial charge on any atom is 0.232 e. The lowest BCUT2D eigenvalue weighted by Crippen LogP contribution is -2.49. The minimum absolute atomic E-state index is 0.0156. The van der Waals surface area contributed by atoms with Gasteiger partial charge >= 0.3 is 0 Å². The smallest absolute Gasteiger partial charge is 0.232 e. The molecule has 0 aliphatic carbocycles. The Morgan fingerprint density at radius 3 is 0.859 bits per heavy atom. The van der Waals surface area contributed by atoms with Gasteiger partial charge in [0.1, 0.15) is 44.7 Å². The maximum atomic E-state index is 13.9. The fourth-order valence-corrected chi connectivity index (χ4v) is 18.6. The van der Waals surface area contributed by atoms with Crippen LogP contribution >= 0.6 is 0 Å². The van der Waals surface area contributed by atoms with Crippen molar-refractivity contribution in [3.8, 4) is 23.0 Å². The van der Waals surface area contributed by atoms with Gasteiger partial charge in [-0.3, -0.25) is 19.2 Å². The van der Waals surface area contributed by atoms with E-state index in [-0.39, 0.29) is 167 Å². The monoisotopic (exact) mass is 1750 g/mol. The molecule has 16 nitrogen and oxygen atoms in total. The molecule has 656 valence electrons. The number of primary amides is 4. The number of carbonyl (C=O) groups is 4. The molecule has 8 aliphatic heterocycles. The second kappa shape index (κ2) is 40.3. The van der Waals surface area contributed by atoms with Gasteiger partial charge in [0, 0.05) is 97.1 Å². The zero-order valence-electron chi connectivity index (χ0n) is 116. The first kappa shape index (κ1) is 48.1. The number of amides is 4. The first-order chi connectivity index (χ1) is 81.3. The van der Waals surface area contributed by atoms with Gasteiger partial charge in [-0.1, -0.05) is 291 Å². The molecule has 12 aromatic carbocycles. The van der Waals surface area contributed by atoms with Gasteiger partial charge in [-0.05, 0) is 214 Å². The normalized spacial score (nSPS) is 24.5. The summed E-state index contributed by atoms with van der Waals surface area (Å²) >= 11 is 0. The molecule has 8 heterocycles. The van der Waals surface area contributed by atoms with Gasteiger partial charge < -0.3 is 61.5 Å². The number of fused-ring (bicyclic) bond motifs is 4. The molecular formula is C112H120N8O8. The van der Waals surface area contributed by atoms with Gasteiger partial charge in [0.25, 0.3) is 0 Å². The number of likely N-dealkylation sites (tertiary alicyclic amines) is 4. The second-order valence-corrected chi connectivity index (χ2v) is 31.7. The fraction of sp³-hybridized carbons (Fsp3) is 0.321. The van der Waals surface area contributed by atoms with E-state index in [0.29, 0.717) is 54.6 Å². The van der Waals surface area contributed by atoms with Crippen LogP contribution in [0.25, 0.3) is 0 Å². The fourth-order valence-electron chi connectivity index (χ4n) is 18.6. The van der Waals surface area contributed by atoms with Gasteiger partial charge in [-0.15, -0.1) is 0 Å². The highest BCUT2D eigenvalue weighted by atomic mass is 16.5. The topological polar surface area (TPSA) is 222 Å². The van der Waals surface area contributed by atoms with E-state index >= 15 is 0 Å². The Kier molecular flexibility index (Phi) is 15.1. The van der Waals surface area contributed by atoms with E-state index < -0.39 is 324 Å². The summed E-state index contributed by atoms with van der Waals surface area (Å²) in [6, 6.07) is 14.2. The van der Waals surface area contributed by atoms with Gasteiger partial charge in [0.05, 0.1) is 70.3 Å². The summed E-state index contributed by atoms with van der Waals surface area (Å²) in [5.74, 6) is -7.29. The Hall–Kier alpha value is -12.4. The highest BCUT2D eigenvalue weighted by molar-refractivity contribution is 5.94. The van der Waals surface area contributed by atoms with Crippen molar-refractivity contribution >= 4 is 23.6 Å². The van der Waals surface area contributed by atoms with Crippen molar-refractivity contribution in [3.63, 3.8) is 0 Å². The first-order valence-electron chi connectivity index (χ1n) is 65.0. The molecule has 0 bridgehead atoms. The molecule has 12 aromatic rings. The molecule has 4 amide bonds. The zero-order chi connectivity index (χ0) is 128. The van der Waals surface area contributed by atoms with Crippen LogP contribution in [0.2, 0.25) is 0 Å². The molecule has 16 heteroatoms. The summed E-state index contributed by atoms with van der Waals surface area (Å²) in [5, 5.41) is 0. The third kappa shape index (κ3) is 18.4. The lowest BCUT2D eigenvalue weighted by Gasteiger charge is -2.37. The van der Waals surface area contributed by atoms with Crippen LogP contribution in [-0.2, 0) is 92.0 Å². The number of carbonyl (C=O) groups excluding carboxylic acids is 4. The van der Waals surface area contributed by atoms with Crippen molar-refractivity contribution in [1.29, 1.82) is 0 Å². The van der Waals surface area contributed by atoms with E-state index in [4.69, 9.17) is 105 Å². The van der Waals surface area contributed by atoms with Crippen molar-refractivity contribution in [1.82, 2.24) is 19.6 Å². The Balaban J connectivity index is 0.000000154. The Morgan fingerprint density at radius 2 is 0.562 bits per heavy atom. The highest BCUT2D eigenvalue weighted by Crippen LogP contribution is 2.49. The lowest BCUT2D eigenvalue weighted by atomic mass is 9.64. The minimum atomic E-state index is -3.16. The molecular weight excluding hydrogens is 1590 g/mol. The SMILES string of the molecule is [2H]c1c([2H])c(C([2H])([2H])C([2H])([2H])N2CC[C@@H](C(C(N)=O)(c3ccccc3)c3ccccc3)C2)c([2H])c2c1OCC2.[2H]c1c([2H])c(C([2H])([2H])CN2CC[C@@H](C(C(N)=O)(c3ccccc3)c3ccccc3)C2)c([2H])c2c1OCC2([2H])[2H].[2H]c1c([2H])c([2H])c(C(C(N)=O)(c2c([2H])c([2H])c([2H])c([2H])c2[2H])[C@@H]2CCN(C([2H])([2H])C([2H])([2H])c3c([2H])c([2H])c4c(c3[2H])CCO4)C2)c([2H])c1[2H].[2H]c1c([2H])c([2H])c(C(C(N)=O)(c2c([2H])c([2H])c([2H])c([2H])c2[2H])[C@@H]2CCN(CC([2H])([2H])c3c([2H])c([2H])c4c(c3[2H])CCO4)C2)c([2H])c1[2H]. The van der Waals surface area contributed by atoms with Crippen LogP contribution in [0.5, 0.6) is 23.0 Å². The standard InChI is InChI=1S/4C28H30N2O2/c4*29-27(31)28(23-7-3-1-4-8-23,24-9-5-2-6-10-24)25-14-17-30(20-25)16-13-21-11-12-26-22(19-21)15-18-32-26/h4*1-12,19,25H,13-18,20H2,(H2,29,31)/t4*25-/m1111/s1/i1D,2D,3D,4D,5D,6D,7D,8D,9D,10D,11D,12D,13D2,16D2,19D;1D,2D,3D,4D,5D,6D,7D,8D,9D,10D,11D,12D,13D2,19D;11D,12D,13D2,16D2,19D;11D,12D,13D2,15D2,19D. The minimum Gasteiger partial charge on any atom is -0.493 e. The van der Waals surface area contributed by atoms with Gasteiger partial charge in [-0.25, -0.2) is 0 Å². The van der Waals surface area contributed by atoms with Crippen LogP contribution in [-0.4, -0.2) is 148 Å². The Labute approximate surface area is 819 Å². The molecule has 0 aromatic heterocycles. The molecule has 4 atom stereocenters. The van der Waals surface area contributed by atoms with Crippen molar-refractivity contribution in [2.45, 2.75) is 98.5 Å². The number of ether oxygens (including phenoxy) is 4. The summed E-state index contributed by atoms with van der Waals surface area (Å²) < 4.78 is 416. The Bertz CT molecular complexity index is 8180. The van der Waals surface area contributed by atoms with Crippen LogP contribution in [0.1, 0.15) is 178 Å². The summed E-state index contributed by atoms with van der Waals surface area (Å²) in [6.07, 6.45) is -11.4. The van der Waals surface area contributed by atoms with Crippen LogP contribution in [0.4, 0.5) is 0 Å². The molecule has 0 saturated carbocycles. The second-order valence-electron chi connectivity index (χ2n) is 31.7. The number of hydrogen-bond donors (Lipinski definition) is 4. The summed E-state index contributed by atoms with van der Waals surface area (Å²) in [7, 11) is 0. The van der Waals surface area contributed by atoms with E-state index in [9.17, 15) is 19.2 Å². The quantitative estimate of drug-likeness (QED) is 0.0360. The van der Waals surface area contributed by atoms with Crippen molar-refractivity contribution in [2.24, 2.45) is 46.6 Å². The van der Waals surface area contributed by atoms with Crippen LogP contribution in [0, 0.1) is 23.7 Å². The van der Waals surface area contributed by atoms with Crippen LogP contribution in [0.3, 0.4) is 0 Å². The van der Waals surface area contributed by atoms with Crippen LogP contribution in [0.15, 0.2) is 315 Å². The molecule has 20 rings (SSSR count). The van der Waals surface area contributed by atoms with Crippen molar-refractivity contribution in [2.75, 3.05) is 105 Å². The summed E-state index contributed by atoms with van der Waals surface area (Å²) in [6.45, 7) is -6.61. The van der Waals surface area contributed by atoms with E-state index in [0.717, 1.165) is 16.0 Å². The molecule has 128 heavy (non-hydrogen) atoms. The molecule has 0 radical (unpaired) electrons. The van der Waals surface area contributed by atoms with E-state index in [1.807, 2.05) is 126 Å². The highest BCUT2D eigenvalue weighted by Gasteiger charge is 2.54. The third-order valence-electron chi connectivity index (χ3n) is 24.6. The van der Waals surface area contributed by atoms with Gasteiger partial charge in [0.2, 0.25) is 23.6 Å². The molecule has 4 fully saturated rings. The Morgan fingerprint density at radius 1 is 0.312 bits per heavy atom. The molecule has 0 unspecified atom stereocenters. The van der Waals surface area contributed by atoms with E-state index in [1.54, 1.807) is 0 Å². The van der Waals surface area contributed by atoms with Crippen molar-refractivity contribution in [3.05, 3.63) is 404 Å². The molecule has 0 spiro atoms. The number of nitrogens with two attached hydrogens (primary N) is 4. The molecule has 4 saturated heterocycles. The average Bonchev–Trinajstić information content (AvgIpc) is 1.27. The first-order valence-corrected chi connectivity index (χ1v) is 42.0. The lowest BCUT2D eigenvalue weighted by molar-refractivity contribution is -0.124. The third-order valence-corrected chi connectivity index (χ3v) is 24.6. The van der Waals surface area contributed by atoms with E-state index in [1.165, 1.54) is 9.80 Å².